The van der Waals surface area contributed by atoms with Gasteiger partial charge in [-0.25, -0.2) is 4.79 Å². The van der Waals surface area contributed by atoms with Gasteiger partial charge in [0.2, 0.25) is 5.91 Å². The molecule has 1 saturated carbocycles. The molecule has 116 valence electrons. The van der Waals surface area contributed by atoms with Crippen molar-refractivity contribution < 1.29 is 14.4 Å². The minimum atomic E-state index is -0.657. The maximum Gasteiger partial charge on any atom is 0.322 e. The van der Waals surface area contributed by atoms with Gasteiger partial charge >= 0.3 is 6.03 Å². The molecule has 1 aromatic carbocycles. The van der Waals surface area contributed by atoms with E-state index >= 15 is 0 Å². The first-order valence-electron chi connectivity index (χ1n) is 7.65. The second kappa shape index (κ2) is 6.17. The Bertz CT molecular complexity index is 591. The minimum Gasteiger partial charge on any atom is -0.326 e. The Kier molecular flexibility index (Phi) is 4.09. The fourth-order valence-corrected chi connectivity index (χ4v) is 3.02. The van der Waals surface area contributed by atoms with E-state index in [1.165, 1.54) is 6.42 Å². The fourth-order valence-electron chi connectivity index (χ4n) is 3.02. The van der Waals surface area contributed by atoms with Crippen LogP contribution in [0.2, 0.25) is 0 Å². The zero-order valence-electron chi connectivity index (χ0n) is 12.2. The summed E-state index contributed by atoms with van der Waals surface area (Å²) in [4.78, 5) is 34.9. The predicted octanol–water partition coefficient (Wildman–Crippen LogP) is 2.09. The summed E-state index contributed by atoms with van der Waals surface area (Å²) in [5.74, 6) is -0.184. The summed E-state index contributed by atoms with van der Waals surface area (Å²) in [5.41, 5.74) is 1.41. The van der Waals surface area contributed by atoms with Gasteiger partial charge in [0.1, 0.15) is 6.04 Å². The molecule has 2 aliphatic rings. The molecule has 0 radical (unpaired) electrons. The SMILES string of the molecule is O=C1NC(=O)C(c2ccc(NC(=O)C3CCCCC3)cc2)N1. The molecule has 4 amide bonds. The van der Waals surface area contributed by atoms with Crippen molar-refractivity contribution in [3.05, 3.63) is 29.8 Å². The lowest BCUT2D eigenvalue weighted by Gasteiger charge is -2.20. The van der Waals surface area contributed by atoms with E-state index in [0.29, 0.717) is 11.3 Å². The first-order valence-corrected chi connectivity index (χ1v) is 7.65. The van der Waals surface area contributed by atoms with Gasteiger partial charge in [0.05, 0.1) is 0 Å². The van der Waals surface area contributed by atoms with Crippen molar-refractivity contribution in [2.45, 2.75) is 38.1 Å². The van der Waals surface area contributed by atoms with Crippen LogP contribution < -0.4 is 16.0 Å². The number of nitrogens with one attached hydrogen (secondary N) is 3. The number of amides is 4. The quantitative estimate of drug-likeness (QED) is 0.747. The van der Waals surface area contributed by atoms with E-state index in [4.69, 9.17) is 0 Å². The number of carbonyl (C=O) groups excluding carboxylic acids is 3. The lowest BCUT2D eigenvalue weighted by atomic mass is 9.88. The summed E-state index contributed by atoms with van der Waals surface area (Å²) in [7, 11) is 0. The van der Waals surface area contributed by atoms with Crippen molar-refractivity contribution in [1.82, 2.24) is 10.6 Å². The average molecular weight is 301 g/mol. The van der Waals surface area contributed by atoms with Crippen molar-refractivity contribution in [3.8, 4) is 0 Å². The molecule has 22 heavy (non-hydrogen) atoms. The van der Waals surface area contributed by atoms with Crippen LogP contribution in [-0.4, -0.2) is 17.8 Å². The molecule has 2 fully saturated rings. The first-order chi connectivity index (χ1) is 10.6. The van der Waals surface area contributed by atoms with Crippen molar-refractivity contribution in [3.63, 3.8) is 0 Å². The number of rotatable bonds is 3. The summed E-state index contributed by atoms with van der Waals surface area (Å²) < 4.78 is 0. The van der Waals surface area contributed by atoms with Crippen molar-refractivity contribution >= 4 is 23.5 Å². The molecular weight excluding hydrogens is 282 g/mol. The standard InChI is InChI=1S/C16H19N3O3/c20-14(11-4-2-1-3-5-11)17-12-8-6-10(7-9-12)13-15(21)19-16(22)18-13/h6-9,11,13H,1-5H2,(H,17,20)(H2,18,19,21,22). The van der Waals surface area contributed by atoms with Crippen LogP contribution in [-0.2, 0) is 9.59 Å². The molecule has 0 bridgehead atoms. The molecule has 1 heterocycles. The fraction of sp³-hybridized carbons (Fsp3) is 0.438. The van der Waals surface area contributed by atoms with Crippen LogP contribution in [0.4, 0.5) is 10.5 Å². The molecule has 0 spiro atoms. The number of hydrogen-bond acceptors (Lipinski definition) is 3. The van der Waals surface area contributed by atoms with Gasteiger partial charge in [-0.3, -0.25) is 14.9 Å². The Morgan fingerprint density at radius 2 is 1.73 bits per heavy atom. The average Bonchev–Trinajstić information content (AvgIpc) is 2.87. The highest BCUT2D eigenvalue weighted by Crippen LogP contribution is 2.25. The number of carbonyl (C=O) groups is 3. The van der Waals surface area contributed by atoms with Crippen molar-refractivity contribution in [2.75, 3.05) is 5.32 Å². The van der Waals surface area contributed by atoms with Crippen molar-refractivity contribution in [1.29, 1.82) is 0 Å². The summed E-state index contributed by atoms with van der Waals surface area (Å²) in [6.07, 6.45) is 5.37. The number of hydrogen-bond donors (Lipinski definition) is 3. The van der Waals surface area contributed by atoms with Gasteiger partial charge in [0.25, 0.3) is 5.91 Å². The van der Waals surface area contributed by atoms with E-state index in [1.54, 1.807) is 24.3 Å². The summed E-state index contributed by atoms with van der Waals surface area (Å²) in [6.45, 7) is 0. The highest BCUT2D eigenvalue weighted by atomic mass is 16.2. The lowest BCUT2D eigenvalue weighted by molar-refractivity contribution is -0.121. The predicted molar refractivity (Wildman–Crippen MR) is 81.1 cm³/mol. The molecule has 1 saturated heterocycles. The minimum absolute atomic E-state index is 0.0689. The van der Waals surface area contributed by atoms with Crippen LogP contribution in [0.3, 0.4) is 0 Å². The van der Waals surface area contributed by atoms with Crippen molar-refractivity contribution in [2.24, 2.45) is 5.92 Å². The third kappa shape index (κ3) is 3.10. The lowest BCUT2D eigenvalue weighted by Crippen LogP contribution is -2.24. The third-order valence-corrected chi connectivity index (χ3v) is 4.26. The van der Waals surface area contributed by atoms with Crippen LogP contribution in [0.15, 0.2) is 24.3 Å². The molecule has 0 aromatic heterocycles. The normalized spacial score (nSPS) is 22.1. The van der Waals surface area contributed by atoms with Crippen LogP contribution in [0.25, 0.3) is 0 Å². The van der Waals surface area contributed by atoms with E-state index < -0.39 is 12.1 Å². The Morgan fingerprint density at radius 3 is 2.32 bits per heavy atom. The molecule has 1 aliphatic heterocycles. The number of urea groups is 1. The van der Waals surface area contributed by atoms with E-state index in [9.17, 15) is 14.4 Å². The van der Waals surface area contributed by atoms with Crippen LogP contribution in [0, 0.1) is 5.92 Å². The van der Waals surface area contributed by atoms with Crippen LogP contribution in [0.5, 0.6) is 0 Å². The second-order valence-electron chi connectivity index (χ2n) is 5.84. The monoisotopic (exact) mass is 301 g/mol. The summed E-state index contributed by atoms with van der Waals surface area (Å²) in [6, 6.07) is 5.86. The van der Waals surface area contributed by atoms with E-state index in [0.717, 1.165) is 25.7 Å². The Balaban J connectivity index is 1.63. The highest BCUT2D eigenvalue weighted by Gasteiger charge is 2.30. The summed E-state index contributed by atoms with van der Waals surface area (Å²) >= 11 is 0. The van der Waals surface area contributed by atoms with E-state index in [-0.39, 0.29) is 17.7 Å². The van der Waals surface area contributed by atoms with Gasteiger partial charge in [-0.05, 0) is 30.5 Å². The molecule has 1 unspecified atom stereocenters. The summed E-state index contributed by atoms with van der Waals surface area (Å²) in [5, 5.41) is 7.66. The van der Waals surface area contributed by atoms with Gasteiger partial charge in [-0.15, -0.1) is 0 Å². The Hall–Kier alpha value is -2.37. The van der Waals surface area contributed by atoms with Gasteiger partial charge in [-0.1, -0.05) is 31.4 Å². The van der Waals surface area contributed by atoms with Gasteiger partial charge < -0.3 is 10.6 Å². The third-order valence-electron chi connectivity index (χ3n) is 4.26. The largest absolute Gasteiger partial charge is 0.326 e. The topological polar surface area (TPSA) is 87.3 Å². The van der Waals surface area contributed by atoms with Gasteiger partial charge in [0, 0.05) is 11.6 Å². The molecule has 1 aliphatic carbocycles. The Labute approximate surface area is 128 Å². The van der Waals surface area contributed by atoms with Crippen LogP contribution >= 0.6 is 0 Å². The first kappa shape index (κ1) is 14.6. The maximum atomic E-state index is 12.2. The van der Waals surface area contributed by atoms with Gasteiger partial charge in [-0.2, -0.15) is 0 Å². The number of anilines is 1. The van der Waals surface area contributed by atoms with Crippen LogP contribution in [0.1, 0.15) is 43.7 Å². The molecule has 3 N–H and O–H groups in total. The second-order valence-corrected chi connectivity index (χ2v) is 5.84. The molecule has 3 rings (SSSR count). The van der Waals surface area contributed by atoms with Gasteiger partial charge in [0.15, 0.2) is 0 Å². The zero-order chi connectivity index (χ0) is 15.5. The molecular formula is C16H19N3O3. The van der Waals surface area contributed by atoms with E-state index in [2.05, 4.69) is 16.0 Å². The molecule has 1 aromatic rings. The maximum absolute atomic E-state index is 12.2. The zero-order valence-corrected chi connectivity index (χ0v) is 12.2. The van der Waals surface area contributed by atoms with E-state index in [1.807, 2.05) is 0 Å². The molecule has 6 heteroatoms. The molecule has 1 atom stereocenters. The molecule has 6 nitrogen and oxygen atoms in total. The Morgan fingerprint density at radius 1 is 1.05 bits per heavy atom. The smallest absolute Gasteiger partial charge is 0.322 e. The highest BCUT2D eigenvalue weighted by molar-refractivity contribution is 6.04. The number of imide groups is 1. The number of benzene rings is 1.